The number of aromatic nitrogens is 2. The van der Waals surface area contributed by atoms with Crippen molar-refractivity contribution in [1.82, 2.24) is 15.1 Å². The molecule has 4 nitrogen and oxygen atoms in total. The number of ketones is 1. The van der Waals surface area contributed by atoms with Gasteiger partial charge in [0.05, 0.1) is 11.9 Å². The molecule has 2 rings (SSSR count). The molecular formula is C13H15N3O. The zero-order valence-electron chi connectivity index (χ0n) is 9.76. The van der Waals surface area contributed by atoms with Crippen LogP contribution in [0.15, 0.2) is 42.6 Å². The second kappa shape index (κ2) is 5.41. The molecule has 88 valence electrons. The van der Waals surface area contributed by atoms with Gasteiger partial charge in [0, 0.05) is 13.0 Å². The van der Waals surface area contributed by atoms with Gasteiger partial charge in [0.15, 0.2) is 5.78 Å². The molecule has 0 saturated heterocycles. The van der Waals surface area contributed by atoms with E-state index in [0.717, 1.165) is 5.69 Å². The van der Waals surface area contributed by atoms with E-state index in [0.29, 0.717) is 18.7 Å². The van der Waals surface area contributed by atoms with Crippen molar-refractivity contribution in [3.8, 4) is 5.69 Å². The number of nitrogens with one attached hydrogen (secondary N) is 1. The quantitative estimate of drug-likeness (QED) is 0.793. The van der Waals surface area contributed by atoms with Crippen molar-refractivity contribution in [1.29, 1.82) is 0 Å². The Bertz CT molecular complexity index is 490. The van der Waals surface area contributed by atoms with E-state index in [1.807, 2.05) is 37.4 Å². The highest BCUT2D eigenvalue weighted by atomic mass is 16.1. The summed E-state index contributed by atoms with van der Waals surface area (Å²) in [4.78, 5) is 12.0. The number of para-hydroxylation sites is 1. The molecule has 4 heteroatoms. The zero-order chi connectivity index (χ0) is 12.1. The van der Waals surface area contributed by atoms with Crippen LogP contribution in [-0.4, -0.2) is 29.2 Å². The van der Waals surface area contributed by atoms with Crippen molar-refractivity contribution in [3.63, 3.8) is 0 Å². The molecule has 17 heavy (non-hydrogen) atoms. The first-order chi connectivity index (χ1) is 8.33. The molecular weight excluding hydrogens is 214 g/mol. The van der Waals surface area contributed by atoms with Crippen LogP contribution in [0.1, 0.15) is 16.9 Å². The van der Waals surface area contributed by atoms with Crippen LogP contribution in [0.3, 0.4) is 0 Å². The van der Waals surface area contributed by atoms with Gasteiger partial charge in [0.2, 0.25) is 0 Å². The van der Waals surface area contributed by atoms with E-state index in [1.54, 1.807) is 16.9 Å². The minimum Gasteiger partial charge on any atom is -0.319 e. The number of rotatable bonds is 5. The van der Waals surface area contributed by atoms with Crippen molar-refractivity contribution < 1.29 is 4.79 Å². The van der Waals surface area contributed by atoms with Crippen molar-refractivity contribution in [3.05, 3.63) is 48.3 Å². The molecule has 0 aliphatic heterocycles. The third-order valence-electron chi connectivity index (χ3n) is 2.53. The van der Waals surface area contributed by atoms with E-state index in [9.17, 15) is 4.79 Å². The van der Waals surface area contributed by atoms with E-state index in [1.165, 1.54) is 0 Å². The van der Waals surface area contributed by atoms with E-state index >= 15 is 0 Å². The molecule has 0 unspecified atom stereocenters. The Balaban J connectivity index is 2.26. The number of Topliss-reactive ketones (excluding diaryl/α,β-unsaturated/α-hetero) is 1. The Labute approximate surface area is 100 Å². The lowest BCUT2D eigenvalue weighted by Crippen LogP contribution is -2.15. The molecule has 1 aromatic carbocycles. The van der Waals surface area contributed by atoms with Gasteiger partial charge < -0.3 is 5.32 Å². The van der Waals surface area contributed by atoms with E-state index in [-0.39, 0.29) is 5.78 Å². The maximum absolute atomic E-state index is 12.0. The summed E-state index contributed by atoms with van der Waals surface area (Å²) in [5, 5.41) is 7.16. The zero-order valence-corrected chi connectivity index (χ0v) is 9.76. The highest BCUT2D eigenvalue weighted by Gasteiger charge is 2.12. The van der Waals surface area contributed by atoms with Crippen molar-refractivity contribution in [2.75, 3.05) is 13.6 Å². The highest BCUT2D eigenvalue weighted by molar-refractivity contribution is 5.95. The SMILES string of the molecule is CNCCC(=O)c1ccnn1-c1ccccc1. The molecule has 1 aromatic heterocycles. The topological polar surface area (TPSA) is 46.9 Å². The lowest BCUT2D eigenvalue weighted by molar-refractivity contribution is 0.0975. The third-order valence-corrected chi connectivity index (χ3v) is 2.53. The van der Waals surface area contributed by atoms with E-state index in [2.05, 4.69) is 10.4 Å². The first-order valence-electron chi connectivity index (χ1n) is 5.60. The summed E-state index contributed by atoms with van der Waals surface area (Å²) < 4.78 is 1.68. The van der Waals surface area contributed by atoms with Gasteiger partial charge in [0.1, 0.15) is 5.69 Å². The molecule has 0 aliphatic carbocycles. The van der Waals surface area contributed by atoms with Gasteiger partial charge in [-0.3, -0.25) is 4.79 Å². The number of benzene rings is 1. The van der Waals surface area contributed by atoms with Gasteiger partial charge in [-0.05, 0) is 25.2 Å². The van der Waals surface area contributed by atoms with Crippen LogP contribution in [0.25, 0.3) is 5.69 Å². The molecule has 0 spiro atoms. The van der Waals surface area contributed by atoms with Crippen LogP contribution in [0.5, 0.6) is 0 Å². The Kier molecular flexibility index (Phi) is 3.67. The number of carbonyl (C=O) groups is 1. The average Bonchev–Trinajstić information content (AvgIpc) is 2.86. The monoisotopic (exact) mass is 229 g/mol. The molecule has 0 amide bonds. The first-order valence-corrected chi connectivity index (χ1v) is 5.60. The second-order valence-electron chi connectivity index (χ2n) is 3.74. The second-order valence-corrected chi connectivity index (χ2v) is 3.74. The lowest BCUT2D eigenvalue weighted by atomic mass is 10.2. The van der Waals surface area contributed by atoms with Gasteiger partial charge in [0.25, 0.3) is 0 Å². The van der Waals surface area contributed by atoms with Crippen LogP contribution >= 0.6 is 0 Å². The Hall–Kier alpha value is -1.94. The smallest absolute Gasteiger partial charge is 0.182 e. The summed E-state index contributed by atoms with van der Waals surface area (Å²) in [5.74, 6) is 0.0979. The summed E-state index contributed by atoms with van der Waals surface area (Å²) >= 11 is 0. The summed E-state index contributed by atoms with van der Waals surface area (Å²) in [6.07, 6.45) is 2.13. The minimum atomic E-state index is 0.0979. The molecule has 0 bridgehead atoms. The largest absolute Gasteiger partial charge is 0.319 e. The summed E-state index contributed by atoms with van der Waals surface area (Å²) in [7, 11) is 1.84. The predicted molar refractivity (Wildman–Crippen MR) is 66.4 cm³/mol. The Morgan fingerprint density at radius 1 is 1.29 bits per heavy atom. The molecule has 0 atom stereocenters. The predicted octanol–water partition coefficient (Wildman–Crippen LogP) is 1.66. The molecule has 0 aliphatic rings. The van der Waals surface area contributed by atoms with Crippen LogP contribution in [0, 0.1) is 0 Å². The van der Waals surface area contributed by atoms with Crippen molar-refractivity contribution in [2.45, 2.75) is 6.42 Å². The van der Waals surface area contributed by atoms with Gasteiger partial charge >= 0.3 is 0 Å². The Morgan fingerprint density at radius 2 is 2.06 bits per heavy atom. The van der Waals surface area contributed by atoms with Gasteiger partial charge in [-0.1, -0.05) is 18.2 Å². The number of hydrogen-bond acceptors (Lipinski definition) is 3. The molecule has 0 fully saturated rings. The lowest BCUT2D eigenvalue weighted by Gasteiger charge is -2.06. The number of nitrogens with zero attached hydrogens (tertiary/aromatic N) is 2. The van der Waals surface area contributed by atoms with E-state index in [4.69, 9.17) is 0 Å². The van der Waals surface area contributed by atoms with Gasteiger partial charge in [-0.2, -0.15) is 5.10 Å². The standard InChI is InChI=1S/C13H15N3O/c1-14-9-8-13(17)12-7-10-15-16(12)11-5-3-2-4-6-11/h2-7,10,14H,8-9H2,1H3. The van der Waals surface area contributed by atoms with Crippen LogP contribution < -0.4 is 5.32 Å². The fourth-order valence-corrected chi connectivity index (χ4v) is 1.66. The molecule has 0 radical (unpaired) electrons. The van der Waals surface area contributed by atoms with Crippen LogP contribution in [-0.2, 0) is 0 Å². The van der Waals surface area contributed by atoms with Crippen LogP contribution in [0.2, 0.25) is 0 Å². The summed E-state index contributed by atoms with van der Waals surface area (Å²) in [5.41, 5.74) is 1.54. The van der Waals surface area contributed by atoms with Crippen LogP contribution in [0.4, 0.5) is 0 Å². The average molecular weight is 229 g/mol. The maximum Gasteiger partial charge on any atom is 0.182 e. The van der Waals surface area contributed by atoms with E-state index < -0.39 is 0 Å². The van der Waals surface area contributed by atoms with Crippen molar-refractivity contribution >= 4 is 5.78 Å². The van der Waals surface area contributed by atoms with Gasteiger partial charge in [-0.25, -0.2) is 4.68 Å². The summed E-state index contributed by atoms with van der Waals surface area (Å²) in [6.45, 7) is 0.679. The fourth-order valence-electron chi connectivity index (χ4n) is 1.66. The minimum absolute atomic E-state index is 0.0979. The number of carbonyl (C=O) groups excluding carboxylic acids is 1. The summed E-state index contributed by atoms with van der Waals surface area (Å²) in [6, 6.07) is 11.4. The first kappa shape index (κ1) is 11.5. The molecule has 1 heterocycles. The third kappa shape index (κ3) is 2.60. The molecule has 0 saturated carbocycles. The number of hydrogen-bond donors (Lipinski definition) is 1. The molecule has 1 N–H and O–H groups in total. The van der Waals surface area contributed by atoms with Gasteiger partial charge in [-0.15, -0.1) is 0 Å². The Morgan fingerprint density at radius 3 is 2.76 bits per heavy atom. The normalized spacial score (nSPS) is 10.4. The fraction of sp³-hybridized carbons (Fsp3) is 0.231. The van der Waals surface area contributed by atoms with Crippen molar-refractivity contribution in [2.24, 2.45) is 0 Å². The molecule has 2 aromatic rings. The highest BCUT2D eigenvalue weighted by Crippen LogP contribution is 2.11. The maximum atomic E-state index is 12.0.